The number of rotatable bonds is 3. The van der Waals surface area contributed by atoms with E-state index in [1.54, 1.807) is 4.90 Å². The van der Waals surface area contributed by atoms with Crippen molar-refractivity contribution in [2.75, 3.05) is 26.3 Å². The Morgan fingerprint density at radius 2 is 2.25 bits per heavy atom. The molecule has 0 saturated carbocycles. The Bertz CT molecular complexity index is 359. The maximum atomic E-state index is 11.8. The van der Waals surface area contributed by atoms with Gasteiger partial charge in [-0.05, 0) is 0 Å². The normalized spacial score (nSPS) is 16.4. The van der Waals surface area contributed by atoms with Crippen molar-refractivity contribution < 1.29 is 14.6 Å². The van der Waals surface area contributed by atoms with Crippen LogP contribution in [0.4, 0.5) is 0 Å². The Morgan fingerprint density at radius 1 is 1.50 bits per heavy atom. The largest absolute Gasteiger partial charge is 0.390 e. The third kappa shape index (κ3) is 2.37. The Hall–Kier alpha value is -1.47. The maximum Gasteiger partial charge on any atom is 0.244 e. The second kappa shape index (κ2) is 5.04. The van der Waals surface area contributed by atoms with Crippen molar-refractivity contribution in [3.05, 3.63) is 11.9 Å². The lowest BCUT2D eigenvalue weighted by Gasteiger charge is -2.26. The Morgan fingerprint density at radius 3 is 2.94 bits per heavy atom. The first-order valence-corrected chi connectivity index (χ1v) is 5.15. The molecule has 88 valence electrons. The van der Waals surface area contributed by atoms with E-state index in [0.29, 0.717) is 32.0 Å². The van der Waals surface area contributed by atoms with E-state index in [9.17, 15) is 4.79 Å². The van der Waals surface area contributed by atoms with E-state index in [0.717, 1.165) is 0 Å². The highest BCUT2D eigenvalue weighted by Gasteiger charge is 2.18. The predicted octanol–water partition coefficient (Wildman–Crippen LogP) is -1.37. The standard InChI is InChI=1S/C9H14N4O3/c14-7-8-5-10-11-13(8)6-9(15)12-1-3-16-4-2-12/h5,14H,1-4,6-7H2. The molecule has 7 heteroatoms. The Kier molecular flexibility index (Phi) is 3.47. The molecule has 1 fully saturated rings. The second-order valence-corrected chi connectivity index (χ2v) is 3.53. The van der Waals surface area contributed by atoms with Crippen molar-refractivity contribution in [1.82, 2.24) is 19.9 Å². The van der Waals surface area contributed by atoms with Crippen LogP contribution in [0.1, 0.15) is 5.69 Å². The van der Waals surface area contributed by atoms with Gasteiger partial charge in [0.15, 0.2) is 0 Å². The minimum atomic E-state index is -0.163. The number of hydrogen-bond donors (Lipinski definition) is 1. The smallest absolute Gasteiger partial charge is 0.244 e. The van der Waals surface area contributed by atoms with Crippen LogP contribution in [-0.2, 0) is 22.7 Å². The molecule has 2 heterocycles. The van der Waals surface area contributed by atoms with Crippen LogP contribution < -0.4 is 0 Å². The molecule has 1 aromatic heterocycles. The van der Waals surface area contributed by atoms with E-state index in [2.05, 4.69) is 10.3 Å². The molecule has 2 rings (SSSR count). The summed E-state index contributed by atoms with van der Waals surface area (Å²) in [5.74, 6) is -0.0245. The number of aromatic nitrogens is 3. The maximum absolute atomic E-state index is 11.8. The van der Waals surface area contributed by atoms with Crippen LogP contribution in [0.3, 0.4) is 0 Å². The van der Waals surface area contributed by atoms with Crippen LogP contribution >= 0.6 is 0 Å². The average molecular weight is 226 g/mol. The summed E-state index contributed by atoms with van der Waals surface area (Å²) in [6, 6.07) is 0. The Balaban J connectivity index is 1.95. The summed E-state index contributed by atoms with van der Waals surface area (Å²) in [5, 5.41) is 16.4. The van der Waals surface area contributed by atoms with E-state index < -0.39 is 0 Å². The third-order valence-electron chi connectivity index (χ3n) is 2.51. The molecule has 1 N–H and O–H groups in total. The number of aliphatic hydroxyl groups excluding tert-OH is 1. The lowest BCUT2D eigenvalue weighted by Crippen LogP contribution is -2.42. The average Bonchev–Trinajstić information content (AvgIpc) is 2.77. The molecule has 0 aromatic carbocycles. The molecule has 16 heavy (non-hydrogen) atoms. The van der Waals surface area contributed by atoms with Gasteiger partial charge in [-0.25, -0.2) is 4.68 Å². The number of carbonyl (C=O) groups is 1. The number of hydrogen-bond acceptors (Lipinski definition) is 5. The Labute approximate surface area is 92.6 Å². The van der Waals surface area contributed by atoms with E-state index >= 15 is 0 Å². The van der Waals surface area contributed by atoms with E-state index in [4.69, 9.17) is 9.84 Å². The number of morpholine rings is 1. The van der Waals surface area contributed by atoms with E-state index in [-0.39, 0.29) is 19.1 Å². The molecule has 1 aliphatic heterocycles. The van der Waals surface area contributed by atoms with Crippen molar-refractivity contribution in [3.8, 4) is 0 Å². The van der Waals surface area contributed by atoms with E-state index in [1.807, 2.05) is 0 Å². The van der Waals surface area contributed by atoms with Crippen molar-refractivity contribution in [2.45, 2.75) is 13.2 Å². The van der Waals surface area contributed by atoms with E-state index in [1.165, 1.54) is 10.9 Å². The molecule has 1 aliphatic rings. The fourth-order valence-corrected chi connectivity index (χ4v) is 1.58. The molecule has 1 amide bonds. The highest BCUT2D eigenvalue weighted by Crippen LogP contribution is 2.01. The molecule has 1 aromatic rings. The van der Waals surface area contributed by atoms with Gasteiger partial charge in [0, 0.05) is 13.1 Å². The van der Waals surface area contributed by atoms with Gasteiger partial charge in [-0.3, -0.25) is 4.79 Å². The minimum absolute atomic E-state index is 0.0245. The van der Waals surface area contributed by atoms with Crippen molar-refractivity contribution >= 4 is 5.91 Å². The molecular formula is C9H14N4O3. The SMILES string of the molecule is O=C(Cn1nncc1CO)N1CCOCC1. The number of carbonyl (C=O) groups excluding carboxylic acids is 1. The van der Waals surface area contributed by atoms with Crippen molar-refractivity contribution in [2.24, 2.45) is 0 Å². The highest BCUT2D eigenvalue weighted by molar-refractivity contribution is 5.76. The topological polar surface area (TPSA) is 80.5 Å². The second-order valence-electron chi connectivity index (χ2n) is 3.53. The zero-order valence-corrected chi connectivity index (χ0v) is 8.87. The molecule has 0 radical (unpaired) electrons. The zero-order chi connectivity index (χ0) is 11.4. The van der Waals surface area contributed by atoms with Crippen molar-refractivity contribution in [3.63, 3.8) is 0 Å². The minimum Gasteiger partial charge on any atom is -0.390 e. The van der Waals surface area contributed by atoms with Gasteiger partial charge in [-0.1, -0.05) is 5.21 Å². The number of amides is 1. The lowest BCUT2D eigenvalue weighted by molar-refractivity contribution is -0.136. The molecular weight excluding hydrogens is 212 g/mol. The molecule has 0 atom stereocenters. The van der Waals surface area contributed by atoms with Crippen molar-refractivity contribution in [1.29, 1.82) is 0 Å². The monoisotopic (exact) mass is 226 g/mol. The molecule has 0 aliphatic carbocycles. The third-order valence-corrected chi connectivity index (χ3v) is 2.51. The van der Waals surface area contributed by atoms with Crippen LogP contribution in [0, 0.1) is 0 Å². The van der Waals surface area contributed by atoms with Gasteiger partial charge in [-0.2, -0.15) is 0 Å². The van der Waals surface area contributed by atoms with Gasteiger partial charge in [0.05, 0.1) is 31.7 Å². The van der Waals surface area contributed by atoms with Crippen LogP contribution in [0.15, 0.2) is 6.20 Å². The fourth-order valence-electron chi connectivity index (χ4n) is 1.58. The van der Waals surface area contributed by atoms with Crippen LogP contribution in [-0.4, -0.2) is 57.2 Å². The summed E-state index contributed by atoms with van der Waals surface area (Å²) >= 11 is 0. The first kappa shape index (κ1) is 11.0. The van der Waals surface area contributed by atoms with Crippen LogP contribution in [0.25, 0.3) is 0 Å². The first-order valence-electron chi connectivity index (χ1n) is 5.15. The summed E-state index contributed by atoms with van der Waals surface area (Å²) in [4.78, 5) is 13.6. The number of nitrogens with zero attached hydrogens (tertiary/aromatic N) is 4. The molecule has 7 nitrogen and oxygen atoms in total. The lowest BCUT2D eigenvalue weighted by atomic mass is 10.4. The first-order chi connectivity index (χ1) is 7.81. The van der Waals surface area contributed by atoms with Crippen LogP contribution in [0.2, 0.25) is 0 Å². The zero-order valence-electron chi connectivity index (χ0n) is 8.87. The molecule has 0 spiro atoms. The van der Waals surface area contributed by atoms with Gasteiger partial charge >= 0.3 is 0 Å². The van der Waals surface area contributed by atoms with Gasteiger partial charge in [-0.15, -0.1) is 5.10 Å². The van der Waals surface area contributed by atoms with Gasteiger partial charge in [0.25, 0.3) is 0 Å². The van der Waals surface area contributed by atoms with Gasteiger partial charge < -0.3 is 14.7 Å². The fraction of sp³-hybridized carbons (Fsp3) is 0.667. The molecule has 0 bridgehead atoms. The number of aliphatic hydroxyl groups is 1. The summed E-state index contributed by atoms with van der Waals surface area (Å²) in [6.45, 7) is 2.34. The predicted molar refractivity (Wildman–Crippen MR) is 53.3 cm³/mol. The summed E-state index contributed by atoms with van der Waals surface area (Å²) in [6.07, 6.45) is 1.45. The van der Waals surface area contributed by atoms with Crippen LogP contribution in [0.5, 0.6) is 0 Å². The number of ether oxygens (including phenoxy) is 1. The molecule has 1 saturated heterocycles. The highest BCUT2D eigenvalue weighted by atomic mass is 16.5. The summed E-state index contributed by atoms with van der Waals surface area (Å²) in [7, 11) is 0. The quantitative estimate of drug-likeness (QED) is 0.687. The van der Waals surface area contributed by atoms with Gasteiger partial charge in [0.2, 0.25) is 5.91 Å². The summed E-state index contributed by atoms with van der Waals surface area (Å²) in [5.41, 5.74) is 0.543. The summed E-state index contributed by atoms with van der Waals surface area (Å²) < 4.78 is 6.58. The van der Waals surface area contributed by atoms with Gasteiger partial charge in [0.1, 0.15) is 6.54 Å². The molecule has 0 unspecified atom stereocenters.